The summed E-state index contributed by atoms with van der Waals surface area (Å²) >= 11 is 0. The molecule has 0 aliphatic carbocycles. The number of rotatable bonds is 15. The predicted molar refractivity (Wildman–Crippen MR) is 177 cm³/mol. The molecular formula is C37H48O8. The molecule has 0 unspecified atom stereocenters. The third-order valence-corrected chi connectivity index (χ3v) is 6.43. The average molecular weight is 621 g/mol. The van der Waals surface area contributed by atoms with Crippen LogP contribution in [0.15, 0.2) is 60.7 Å². The van der Waals surface area contributed by atoms with Crippen LogP contribution in [0.2, 0.25) is 0 Å². The lowest BCUT2D eigenvalue weighted by molar-refractivity contribution is -0.160. The Morgan fingerprint density at radius 1 is 0.711 bits per heavy atom. The molecule has 8 heteroatoms. The monoisotopic (exact) mass is 620 g/mol. The summed E-state index contributed by atoms with van der Waals surface area (Å²) in [6.45, 7) is 16.3. The van der Waals surface area contributed by atoms with Gasteiger partial charge < -0.3 is 23.7 Å². The van der Waals surface area contributed by atoms with Gasteiger partial charge >= 0.3 is 11.9 Å². The first-order valence-corrected chi connectivity index (χ1v) is 15.2. The molecule has 0 fully saturated rings. The molecule has 0 amide bonds. The lowest BCUT2D eigenvalue weighted by Gasteiger charge is -2.21. The maximum Gasteiger partial charge on any atom is 0.314 e. The van der Waals surface area contributed by atoms with E-state index >= 15 is 0 Å². The van der Waals surface area contributed by atoms with E-state index in [1.165, 1.54) is 6.08 Å². The summed E-state index contributed by atoms with van der Waals surface area (Å²) in [6, 6.07) is 8.59. The topological polar surface area (TPSA) is 97.4 Å². The van der Waals surface area contributed by atoms with Crippen molar-refractivity contribution in [2.75, 3.05) is 20.2 Å². The van der Waals surface area contributed by atoms with Crippen LogP contribution in [0.25, 0.3) is 6.08 Å². The first-order valence-electron chi connectivity index (χ1n) is 15.2. The number of hydrogen-bond acceptors (Lipinski definition) is 8. The predicted octanol–water partition coefficient (Wildman–Crippen LogP) is 8.07. The van der Waals surface area contributed by atoms with Gasteiger partial charge in [-0.15, -0.1) is 0 Å². The van der Waals surface area contributed by atoms with Crippen LogP contribution in [0.3, 0.4) is 0 Å². The van der Waals surface area contributed by atoms with Crippen molar-refractivity contribution in [2.24, 2.45) is 10.8 Å². The summed E-state index contributed by atoms with van der Waals surface area (Å²) in [5, 5.41) is 0. The van der Waals surface area contributed by atoms with Crippen molar-refractivity contribution in [3.8, 4) is 17.2 Å². The van der Waals surface area contributed by atoms with Gasteiger partial charge in [-0.25, -0.2) is 0 Å². The van der Waals surface area contributed by atoms with Crippen LogP contribution in [0.1, 0.15) is 89.4 Å². The van der Waals surface area contributed by atoms with Crippen molar-refractivity contribution in [1.29, 1.82) is 0 Å². The zero-order valence-electron chi connectivity index (χ0n) is 28.2. The van der Waals surface area contributed by atoms with Crippen LogP contribution in [-0.2, 0) is 31.9 Å². The normalized spacial score (nSPS) is 12.1. The fourth-order valence-corrected chi connectivity index (χ4v) is 3.92. The molecule has 2 rings (SSSR count). The second kappa shape index (κ2) is 17.2. The van der Waals surface area contributed by atoms with E-state index in [0.717, 1.165) is 11.1 Å². The van der Waals surface area contributed by atoms with Gasteiger partial charge in [0.05, 0.1) is 23.0 Å². The molecule has 45 heavy (non-hydrogen) atoms. The molecule has 2 aromatic carbocycles. The van der Waals surface area contributed by atoms with Crippen LogP contribution in [0.4, 0.5) is 0 Å². The third-order valence-electron chi connectivity index (χ3n) is 6.43. The first kappa shape index (κ1) is 36.9. The number of carbonyl (C=O) groups is 3. The number of ketones is 1. The second-order valence-electron chi connectivity index (χ2n) is 12.4. The highest BCUT2D eigenvalue weighted by Crippen LogP contribution is 2.39. The molecule has 0 aliphatic heterocycles. The van der Waals surface area contributed by atoms with Crippen LogP contribution in [-0.4, -0.2) is 37.9 Å². The maximum atomic E-state index is 13.3. The highest BCUT2D eigenvalue weighted by molar-refractivity contribution is 6.07. The van der Waals surface area contributed by atoms with Gasteiger partial charge in [0.2, 0.25) is 13.6 Å². The van der Waals surface area contributed by atoms with Crippen LogP contribution >= 0.6 is 0 Å². The van der Waals surface area contributed by atoms with E-state index in [1.54, 1.807) is 71.9 Å². The number of carbonyl (C=O) groups excluding carboxylic acids is 3. The molecule has 0 aliphatic rings. The third kappa shape index (κ3) is 11.6. The van der Waals surface area contributed by atoms with Crippen LogP contribution < -0.4 is 14.2 Å². The van der Waals surface area contributed by atoms with Gasteiger partial charge in [0.15, 0.2) is 5.78 Å². The van der Waals surface area contributed by atoms with E-state index in [0.29, 0.717) is 47.8 Å². The summed E-state index contributed by atoms with van der Waals surface area (Å²) in [6.07, 6.45) is 12.3. The van der Waals surface area contributed by atoms with Crippen molar-refractivity contribution >= 4 is 23.8 Å². The molecule has 0 saturated carbocycles. The summed E-state index contributed by atoms with van der Waals surface area (Å²) in [5.74, 6) is 0.517. The molecule has 0 bridgehead atoms. The molecule has 0 atom stereocenters. The van der Waals surface area contributed by atoms with Gasteiger partial charge in [-0.2, -0.15) is 0 Å². The summed E-state index contributed by atoms with van der Waals surface area (Å²) in [7, 11) is 0. The molecule has 0 radical (unpaired) electrons. The SMILES string of the molecule is CC=CCc1cc(CC=CC)c(OCOC(=O)C(C)(C)C)c(C=CC(=O)c2ccc(OCOC(=O)C(C)(C)C)cc2)c1OCC. The fraction of sp³-hybridized carbons (Fsp3) is 0.432. The van der Waals surface area contributed by atoms with Crippen molar-refractivity contribution in [1.82, 2.24) is 0 Å². The molecule has 0 N–H and O–H groups in total. The van der Waals surface area contributed by atoms with E-state index in [-0.39, 0.29) is 31.3 Å². The number of ether oxygens (including phenoxy) is 5. The van der Waals surface area contributed by atoms with Gasteiger partial charge in [0.1, 0.15) is 17.2 Å². The van der Waals surface area contributed by atoms with Crippen molar-refractivity contribution < 1.29 is 38.1 Å². The summed E-state index contributed by atoms with van der Waals surface area (Å²) < 4.78 is 28.3. The van der Waals surface area contributed by atoms with Gasteiger partial charge in [-0.05, 0) is 129 Å². The molecule has 2 aromatic rings. The fourth-order valence-electron chi connectivity index (χ4n) is 3.92. The molecule has 8 nitrogen and oxygen atoms in total. The van der Waals surface area contributed by atoms with Gasteiger partial charge in [-0.3, -0.25) is 14.4 Å². The first-order chi connectivity index (χ1) is 21.2. The highest BCUT2D eigenvalue weighted by Gasteiger charge is 2.25. The molecule has 0 heterocycles. The Morgan fingerprint density at radius 2 is 1.20 bits per heavy atom. The summed E-state index contributed by atoms with van der Waals surface area (Å²) in [4.78, 5) is 37.7. The molecule has 0 aromatic heterocycles. The summed E-state index contributed by atoms with van der Waals surface area (Å²) in [5.41, 5.74) is 1.51. The Kier molecular flexibility index (Phi) is 14.1. The van der Waals surface area contributed by atoms with E-state index in [9.17, 15) is 14.4 Å². The largest absolute Gasteiger partial charge is 0.493 e. The molecular weight excluding hydrogens is 572 g/mol. The maximum absolute atomic E-state index is 13.3. The zero-order chi connectivity index (χ0) is 33.6. The Bertz CT molecular complexity index is 1380. The van der Waals surface area contributed by atoms with Crippen molar-refractivity contribution in [2.45, 2.75) is 75.2 Å². The molecule has 244 valence electrons. The van der Waals surface area contributed by atoms with E-state index < -0.39 is 10.8 Å². The van der Waals surface area contributed by atoms with E-state index in [2.05, 4.69) is 0 Å². The van der Waals surface area contributed by atoms with E-state index in [1.807, 2.05) is 51.1 Å². The molecule has 0 saturated heterocycles. The minimum Gasteiger partial charge on any atom is -0.493 e. The second-order valence-corrected chi connectivity index (χ2v) is 12.4. The Labute approximate surface area is 268 Å². The highest BCUT2D eigenvalue weighted by atomic mass is 16.7. The Morgan fingerprint density at radius 3 is 1.67 bits per heavy atom. The van der Waals surface area contributed by atoms with Gasteiger partial charge in [0, 0.05) is 5.56 Å². The average Bonchev–Trinajstić information content (AvgIpc) is 2.98. The quantitative estimate of drug-likeness (QED) is 0.0648. The lowest BCUT2D eigenvalue weighted by Crippen LogP contribution is -2.25. The van der Waals surface area contributed by atoms with Gasteiger partial charge in [0.25, 0.3) is 0 Å². The van der Waals surface area contributed by atoms with Crippen LogP contribution in [0, 0.1) is 10.8 Å². The zero-order valence-corrected chi connectivity index (χ0v) is 28.2. The van der Waals surface area contributed by atoms with E-state index in [4.69, 9.17) is 23.7 Å². The van der Waals surface area contributed by atoms with Crippen LogP contribution in [0.5, 0.6) is 17.2 Å². The van der Waals surface area contributed by atoms with Crippen molar-refractivity contribution in [3.63, 3.8) is 0 Å². The smallest absolute Gasteiger partial charge is 0.314 e. The van der Waals surface area contributed by atoms with Gasteiger partial charge in [-0.1, -0.05) is 24.3 Å². The standard InChI is InChI=1S/C37H48O8/c1-10-13-15-27-23-28(16-14-11-2)33(43-25-45-35(40)37(7,8)9)30(32(27)41-12-3)21-22-31(38)26-17-19-29(20-18-26)42-24-44-34(39)36(4,5)6/h10-11,13-14,17-23H,12,15-16,24-25H2,1-9H3. The number of benzene rings is 2. The number of hydrogen-bond donors (Lipinski definition) is 0. The number of esters is 2. The number of allylic oxidation sites excluding steroid dienone is 5. The lowest BCUT2D eigenvalue weighted by atomic mass is 9.96. The minimum absolute atomic E-state index is 0.226. The Hall–Kier alpha value is -4.33. The minimum atomic E-state index is -0.684. The van der Waals surface area contributed by atoms with Crippen molar-refractivity contribution in [3.05, 3.63) is 83.0 Å². The molecule has 0 spiro atoms. The Balaban J connectivity index is 2.44.